The van der Waals surface area contributed by atoms with Gasteiger partial charge in [0.2, 0.25) is 0 Å². The highest BCUT2D eigenvalue weighted by atomic mass is 35.5. The van der Waals surface area contributed by atoms with Crippen LogP contribution in [0.3, 0.4) is 0 Å². The maximum Gasteiger partial charge on any atom is 0.447 e. The van der Waals surface area contributed by atoms with Crippen LogP contribution in [0.1, 0.15) is 0 Å². The molecule has 0 bridgehead atoms. The van der Waals surface area contributed by atoms with Crippen molar-refractivity contribution in [3.63, 3.8) is 0 Å². The van der Waals surface area contributed by atoms with Crippen LogP contribution in [0.25, 0.3) is 11.3 Å². The Morgan fingerprint density at radius 3 is 2.35 bits per heavy atom. The van der Waals surface area contributed by atoms with Crippen molar-refractivity contribution in [3.8, 4) is 11.3 Å². The lowest BCUT2D eigenvalue weighted by molar-refractivity contribution is -0.384. The molecule has 0 spiro atoms. The van der Waals surface area contributed by atoms with Crippen LogP contribution >= 0.6 is 23.4 Å². The minimum Gasteiger partial charge on any atom is -0.344 e. The minimum atomic E-state index is -4.52. The van der Waals surface area contributed by atoms with E-state index in [0.717, 1.165) is 6.07 Å². The summed E-state index contributed by atoms with van der Waals surface area (Å²) in [5.41, 5.74) is -4.54. The molecule has 1 N–H and O–H groups in total. The van der Waals surface area contributed by atoms with Crippen LogP contribution in [-0.2, 0) is 0 Å². The van der Waals surface area contributed by atoms with Gasteiger partial charge in [-0.2, -0.15) is 13.2 Å². The highest BCUT2D eigenvalue weighted by molar-refractivity contribution is 8.00. The summed E-state index contributed by atoms with van der Waals surface area (Å²) in [5.74, 6) is 0. The lowest BCUT2D eigenvalue weighted by Crippen LogP contribution is -1.98. The monoisotopic (exact) mass is 322 g/mol. The van der Waals surface area contributed by atoms with E-state index < -0.39 is 27.9 Å². The zero-order chi connectivity index (χ0) is 14.9. The summed E-state index contributed by atoms with van der Waals surface area (Å²) in [6, 6.07) is 6.84. The Kier molecular flexibility index (Phi) is 3.96. The zero-order valence-electron chi connectivity index (χ0n) is 9.57. The van der Waals surface area contributed by atoms with E-state index in [4.69, 9.17) is 11.6 Å². The molecule has 0 amide bonds. The van der Waals surface area contributed by atoms with Gasteiger partial charge in [-0.15, -0.1) is 0 Å². The molecule has 0 saturated heterocycles. The quantitative estimate of drug-likeness (QED) is 0.499. The summed E-state index contributed by atoms with van der Waals surface area (Å²) in [6.45, 7) is 0. The van der Waals surface area contributed by atoms with Gasteiger partial charge in [0.05, 0.1) is 9.95 Å². The molecule has 0 radical (unpaired) electrons. The van der Waals surface area contributed by atoms with E-state index >= 15 is 0 Å². The van der Waals surface area contributed by atoms with Crippen molar-refractivity contribution in [1.82, 2.24) is 4.98 Å². The van der Waals surface area contributed by atoms with Gasteiger partial charge in [-0.05, 0) is 12.1 Å². The maximum absolute atomic E-state index is 12.3. The standard InChI is InChI=1S/C11H6ClF3N2O2S/c12-7-3-1-6(2-4-7)10-8(17(18)19)5-9(16-10)20-11(13,14)15/h1-5,16H. The van der Waals surface area contributed by atoms with Gasteiger partial charge in [-0.3, -0.25) is 10.1 Å². The molecule has 0 fully saturated rings. The van der Waals surface area contributed by atoms with Crippen LogP contribution in [0.2, 0.25) is 5.02 Å². The predicted molar refractivity (Wildman–Crippen MR) is 69.8 cm³/mol. The minimum absolute atomic E-state index is 0.0124. The molecule has 0 aliphatic carbocycles. The van der Waals surface area contributed by atoms with E-state index in [9.17, 15) is 23.3 Å². The van der Waals surface area contributed by atoms with E-state index in [1.54, 1.807) is 0 Å². The molecule has 0 atom stereocenters. The summed E-state index contributed by atoms with van der Waals surface area (Å²) < 4.78 is 36.9. The summed E-state index contributed by atoms with van der Waals surface area (Å²) >= 11 is 5.26. The fraction of sp³-hybridized carbons (Fsp3) is 0.0909. The Labute approximate surface area is 120 Å². The number of H-pyrrole nitrogens is 1. The summed E-state index contributed by atoms with van der Waals surface area (Å²) in [6.07, 6.45) is 0. The summed E-state index contributed by atoms with van der Waals surface area (Å²) in [7, 11) is 0. The van der Waals surface area contributed by atoms with Crippen LogP contribution in [0.5, 0.6) is 0 Å². The van der Waals surface area contributed by atoms with Crippen LogP contribution in [0.15, 0.2) is 35.4 Å². The van der Waals surface area contributed by atoms with Gasteiger partial charge in [-0.1, -0.05) is 23.7 Å². The molecular weight excluding hydrogens is 317 g/mol. The first-order chi connectivity index (χ1) is 9.26. The molecule has 0 saturated carbocycles. The molecule has 20 heavy (non-hydrogen) atoms. The topological polar surface area (TPSA) is 58.9 Å². The molecule has 9 heteroatoms. The number of alkyl halides is 3. The van der Waals surface area contributed by atoms with Gasteiger partial charge in [-0.25, -0.2) is 0 Å². The molecule has 4 nitrogen and oxygen atoms in total. The number of benzene rings is 1. The maximum atomic E-state index is 12.3. The van der Waals surface area contributed by atoms with Gasteiger partial charge in [0.15, 0.2) is 0 Å². The Morgan fingerprint density at radius 2 is 1.85 bits per heavy atom. The largest absolute Gasteiger partial charge is 0.447 e. The molecule has 2 aromatic rings. The van der Waals surface area contributed by atoms with Crippen LogP contribution in [-0.4, -0.2) is 15.4 Å². The third kappa shape index (κ3) is 3.45. The summed E-state index contributed by atoms with van der Waals surface area (Å²) in [4.78, 5) is 12.6. The van der Waals surface area contributed by atoms with Gasteiger partial charge in [0, 0.05) is 28.4 Å². The number of nitrogens with one attached hydrogen (secondary N) is 1. The number of aromatic nitrogens is 1. The van der Waals surface area contributed by atoms with Crippen molar-refractivity contribution < 1.29 is 18.1 Å². The molecule has 2 rings (SSSR count). The summed E-state index contributed by atoms with van der Waals surface area (Å²) in [5, 5.41) is 11.0. The number of hydrogen-bond acceptors (Lipinski definition) is 3. The molecule has 0 unspecified atom stereocenters. The van der Waals surface area contributed by atoms with Crippen molar-refractivity contribution in [1.29, 1.82) is 0 Å². The lowest BCUT2D eigenvalue weighted by Gasteiger charge is -2.02. The van der Waals surface area contributed by atoms with E-state index in [2.05, 4.69) is 4.98 Å². The highest BCUT2D eigenvalue weighted by Gasteiger charge is 2.32. The second-order valence-electron chi connectivity index (χ2n) is 3.71. The van der Waals surface area contributed by atoms with Gasteiger partial charge in [0.25, 0.3) is 5.69 Å². The normalized spacial score (nSPS) is 11.6. The Bertz CT molecular complexity index is 640. The van der Waals surface area contributed by atoms with E-state index in [1.807, 2.05) is 0 Å². The molecule has 1 heterocycles. The fourth-order valence-corrected chi connectivity index (χ4v) is 2.28. The first-order valence-corrected chi connectivity index (χ1v) is 6.35. The first-order valence-electron chi connectivity index (χ1n) is 5.15. The second-order valence-corrected chi connectivity index (χ2v) is 5.25. The van der Waals surface area contributed by atoms with E-state index in [1.165, 1.54) is 24.3 Å². The van der Waals surface area contributed by atoms with Crippen molar-refractivity contribution >= 4 is 29.1 Å². The molecule has 0 aliphatic heterocycles. The molecule has 106 valence electrons. The number of halogens is 4. The van der Waals surface area contributed by atoms with Gasteiger partial charge in [0.1, 0.15) is 5.69 Å². The average Bonchev–Trinajstić information content (AvgIpc) is 2.71. The molecule has 0 aliphatic rings. The first kappa shape index (κ1) is 14.7. The Hall–Kier alpha value is -1.67. The third-order valence-electron chi connectivity index (χ3n) is 2.33. The third-order valence-corrected chi connectivity index (χ3v) is 3.25. The van der Waals surface area contributed by atoms with Crippen molar-refractivity contribution in [2.24, 2.45) is 0 Å². The number of rotatable bonds is 3. The molecular formula is C11H6ClF3N2O2S. The second kappa shape index (κ2) is 5.37. The van der Waals surface area contributed by atoms with E-state index in [0.29, 0.717) is 10.6 Å². The Morgan fingerprint density at radius 1 is 1.25 bits per heavy atom. The van der Waals surface area contributed by atoms with Crippen molar-refractivity contribution in [2.75, 3.05) is 0 Å². The molecule has 1 aromatic carbocycles. The van der Waals surface area contributed by atoms with E-state index in [-0.39, 0.29) is 10.7 Å². The zero-order valence-corrected chi connectivity index (χ0v) is 11.1. The lowest BCUT2D eigenvalue weighted by atomic mass is 10.1. The van der Waals surface area contributed by atoms with Crippen molar-refractivity contribution in [3.05, 3.63) is 45.5 Å². The Balaban J connectivity index is 2.46. The average molecular weight is 323 g/mol. The van der Waals surface area contributed by atoms with Crippen LogP contribution in [0, 0.1) is 10.1 Å². The van der Waals surface area contributed by atoms with Gasteiger partial charge >= 0.3 is 5.51 Å². The smallest absolute Gasteiger partial charge is 0.344 e. The predicted octanol–water partition coefficient (Wildman–Crippen LogP) is 4.86. The van der Waals surface area contributed by atoms with Gasteiger partial charge < -0.3 is 4.98 Å². The SMILES string of the molecule is O=[N+]([O-])c1cc(SC(F)(F)F)[nH]c1-c1ccc(Cl)cc1. The highest BCUT2D eigenvalue weighted by Crippen LogP contribution is 2.41. The number of nitrogens with zero attached hydrogens (tertiary/aromatic N) is 1. The van der Waals surface area contributed by atoms with Crippen LogP contribution in [0.4, 0.5) is 18.9 Å². The number of thioether (sulfide) groups is 1. The molecule has 1 aromatic heterocycles. The van der Waals surface area contributed by atoms with Crippen LogP contribution < -0.4 is 0 Å². The number of hydrogen-bond donors (Lipinski definition) is 1. The van der Waals surface area contributed by atoms with Crippen molar-refractivity contribution in [2.45, 2.75) is 10.5 Å². The number of aromatic amines is 1. The number of nitro groups is 1. The fourth-order valence-electron chi connectivity index (χ4n) is 1.58.